The van der Waals surface area contributed by atoms with E-state index >= 15 is 0 Å². The molecule has 0 unspecified atom stereocenters. The molecule has 1 saturated carbocycles. The molecule has 0 atom stereocenters. The number of benzene rings is 1. The molecular formula is C13H18BrNO2. The summed E-state index contributed by atoms with van der Waals surface area (Å²) in [6.07, 6.45) is 5.46. The second kappa shape index (κ2) is 4.86. The average molecular weight is 300 g/mol. The van der Waals surface area contributed by atoms with Crippen molar-refractivity contribution in [2.75, 3.05) is 6.54 Å². The topological polar surface area (TPSA) is 66.5 Å². The van der Waals surface area contributed by atoms with Crippen molar-refractivity contribution in [1.82, 2.24) is 0 Å². The van der Waals surface area contributed by atoms with E-state index in [0.29, 0.717) is 11.0 Å². The third kappa shape index (κ3) is 2.16. The first-order chi connectivity index (χ1) is 8.10. The molecule has 1 aromatic carbocycles. The highest BCUT2D eigenvalue weighted by Gasteiger charge is 2.35. The van der Waals surface area contributed by atoms with Gasteiger partial charge in [0.05, 0.1) is 4.47 Å². The van der Waals surface area contributed by atoms with Crippen LogP contribution in [0.1, 0.15) is 37.7 Å². The minimum Gasteiger partial charge on any atom is -0.504 e. The normalized spacial score (nSPS) is 19.2. The Hall–Kier alpha value is -0.740. The Balaban J connectivity index is 2.47. The first kappa shape index (κ1) is 12.7. The molecule has 94 valence electrons. The zero-order valence-electron chi connectivity index (χ0n) is 9.75. The van der Waals surface area contributed by atoms with Crippen LogP contribution in [-0.2, 0) is 5.41 Å². The van der Waals surface area contributed by atoms with Gasteiger partial charge in [-0.1, -0.05) is 25.3 Å². The van der Waals surface area contributed by atoms with Gasteiger partial charge < -0.3 is 15.9 Å². The van der Waals surface area contributed by atoms with Crippen molar-refractivity contribution in [3.63, 3.8) is 0 Å². The highest BCUT2D eigenvalue weighted by atomic mass is 79.9. The molecule has 0 saturated heterocycles. The second-order valence-electron chi connectivity index (χ2n) is 4.84. The van der Waals surface area contributed by atoms with Crippen LogP contribution in [0.3, 0.4) is 0 Å². The number of rotatable bonds is 2. The summed E-state index contributed by atoms with van der Waals surface area (Å²) in [5.74, 6) is -0.104. The lowest BCUT2D eigenvalue weighted by Crippen LogP contribution is -2.37. The highest BCUT2D eigenvalue weighted by Crippen LogP contribution is 2.46. The van der Waals surface area contributed by atoms with Crippen LogP contribution >= 0.6 is 15.9 Å². The smallest absolute Gasteiger partial charge is 0.172 e. The van der Waals surface area contributed by atoms with Gasteiger partial charge in [0.2, 0.25) is 0 Å². The molecule has 4 N–H and O–H groups in total. The maximum absolute atomic E-state index is 10.1. The summed E-state index contributed by atoms with van der Waals surface area (Å²) in [4.78, 5) is 0. The number of halogens is 1. The molecule has 3 nitrogen and oxygen atoms in total. The van der Waals surface area contributed by atoms with Crippen molar-refractivity contribution in [2.24, 2.45) is 5.73 Å². The molecule has 1 aromatic rings. The molecule has 0 amide bonds. The van der Waals surface area contributed by atoms with E-state index in [9.17, 15) is 10.2 Å². The number of phenolic OH excluding ortho intramolecular Hbond substituents is 2. The van der Waals surface area contributed by atoms with Crippen LogP contribution in [0.4, 0.5) is 0 Å². The first-order valence-electron chi connectivity index (χ1n) is 6.02. The Morgan fingerprint density at radius 2 is 1.76 bits per heavy atom. The van der Waals surface area contributed by atoms with Crippen LogP contribution in [0.2, 0.25) is 0 Å². The predicted molar refractivity (Wildman–Crippen MR) is 71.3 cm³/mol. The van der Waals surface area contributed by atoms with E-state index in [-0.39, 0.29) is 16.9 Å². The highest BCUT2D eigenvalue weighted by molar-refractivity contribution is 9.10. The Bertz CT molecular complexity index is 414. The molecule has 1 fully saturated rings. The number of hydrogen-bond donors (Lipinski definition) is 3. The second-order valence-corrected chi connectivity index (χ2v) is 5.69. The van der Waals surface area contributed by atoms with Crippen LogP contribution in [0.5, 0.6) is 11.5 Å². The summed E-state index contributed by atoms with van der Waals surface area (Å²) in [5.41, 5.74) is 6.55. The monoisotopic (exact) mass is 299 g/mol. The Kier molecular flexibility index (Phi) is 3.64. The van der Waals surface area contributed by atoms with Gasteiger partial charge in [-0.05, 0) is 34.8 Å². The Morgan fingerprint density at radius 1 is 1.12 bits per heavy atom. The minimum absolute atomic E-state index is 0.0216. The van der Waals surface area contributed by atoms with Crippen LogP contribution < -0.4 is 5.73 Å². The van der Waals surface area contributed by atoms with Crippen molar-refractivity contribution in [2.45, 2.75) is 37.5 Å². The van der Waals surface area contributed by atoms with Crippen molar-refractivity contribution >= 4 is 15.9 Å². The van der Waals surface area contributed by atoms with Crippen LogP contribution in [0.25, 0.3) is 0 Å². The summed E-state index contributed by atoms with van der Waals surface area (Å²) >= 11 is 3.20. The van der Waals surface area contributed by atoms with E-state index in [1.54, 1.807) is 6.07 Å². The molecule has 2 rings (SSSR count). The fraction of sp³-hybridized carbons (Fsp3) is 0.538. The number of nitrogens with two attached hydrogens (primary N) is 1. The summed E-state index contributed by atoms with van der Waals surface area (Å²) in [6, 6.07) is 3.65. The van der Waals surface area contributed by atoms with Crippen LogP contribution in [-0.4, -0.2) is 16.8 Å². The molecule has 0 heterocycles. The molecule has 0 spiro atoms. The van der Waals surface area contributed by atoms with Crippen molar-refractivity contribution in [1.29, 1.82) is 0 Å². The summed E-state index contributed by atoms with van der Waals surface area (Å²) in [5, 5.41) is 19.9. The van der Waals surface area contributed by atoms with Gasteiger partial charge in [0.25, 0.3) is 0 Å². The zero-order valence-corrected chi connectivity index (χ0v) is 11.3. The first-order valence-corrected chi connectivity index (χ1v) is 6.81. The fourth-order valence-corrected chi connectivity index (χ4v) is 3.11. The van der Waals surface area contributed by atoms with Gasteiger partial charge >= 0.3 is 0 Å². The molecule has 0 aliphatic heterocycles. The lowest BCUT2D eigenvalue weighted by Gasteiger charge is -2.37. The van der Waals surface area contributed by atoms with E-state index in [2.05, 4.69) is 15.9 Å². The van der Waals surface area contributed by atoms with E-state index in [1.807, 2.05) is 6.07 Å². The van der Waals surface area contributed by atoms with Gasteiger partial charge in [0, 0.05) is 17.5 Å². The van der Waals surface area contributed by atoms with Crippen molar-refractivity contribution in [3.8, 4) is 11.5 Å². The molecule has 4 heteroatoms. The molecule has 17 heavy (non-hydrogen) atoms. The van der Waals surface area contributed by atoms with Gasteiger partial charge in [0.1, 0.15) is 0 Å². The third-order valence-electron chi connectivity index (χ3n) is 3.87. The predicted octanol–water partition coefficient (Wildman–Crippen LogP) is 3.02. The number of hydrogen-bond acceptors (Lipinski definition) is 3. The Morgan fingerprint density at radius 3 is 2.35 bits per heavy atom. The van der Waals surface area contributed by atoms with Crippen molar-refractivity contribution < 1.29 is 10.2 Å². The Labute approximate surface area is 110 Å². The molecule has 0 radical (unpaired) electrons. The van der Waals surface area contributed by atoms with Gasteiger partial charge in [-0.25, -0.2) is 0 Å². The van der Waals surface area contributed by atoms with E-state index in [4.69, 9.17) is 5.73 Å². The number of phenols is 2. The van der Waals surface area contributed by atoms with Gasteiger partial charge in [-0.3, -0.25) is 0 Å². The van der Waals surface area contributed by atoms with Gasteiger partial charge in [-0.15, -0.1) is 0 Å². The summed E-state index contributed by atoms with van der Waals surface area (Å²) < 4.78 is 0.515. The molecule has 1 aliphatic rings. The maximum atomic E-state index is 10.1. The zero-order chi connectivity index (χ0) is 12.5. The van der Waals surface area contributed by atoms with E-state index < -0.39 is 0 Å². The standard InChI is InChI=1S/C13H18BrNO2/c14-10-5-4-9(11(16)12(10)17)13(8-15)6-2-1-3-7-13/h4-5,16-17H,1-3,6-8,15H2. The van der Waals surface area contributed by atoms with Gasteiger partial charge in [0.15, 0.2) is 11.5 Å². The van der Waals surface area contributed by atoms with E-state index in [1.165, 1.54) is 6.42 Å². The SMILES string of the molecule is NCC1(c2ccc(Br)c(O)c2O)CCCCC1. The largest absolute Gasteiger partial charge is 0.504 e. The lowest BCUT2D eigenvalue weighted by atomic mass is 9.69. The van der Waals surface area contributed by atoms with Crippen molar-refractivity contribution in [3.05, 3.63) is 22.2 Å². The average Bonchev–Trinajstić information content (AvgIpc) is 2.37. The fourth-order valence-electron chi connectivity index (χ4n) is 2.79. The molecular weight excluding hydrogens is 282 g/mol. The van der Waals surface area contributed by atoms with Crippen LogP contribution in [0.15, 0.2) is 16.6 Å². The molecule has 0 bridgehead atoms. The van der Waals surface area contributed by atoms with E-state index in [0.717, 1.165) is 31.2 Å². The minimum atomic E-state index is -0.166. The molecule has 0 aromatic heterocycles. The third-order valence-corrected chi connectivity index (χ3v) is 4.51. The molecule has 1 aliphatic carbocycles. The number of aromatic hydroxyl groups is 2. The quantitative estimate of drug-likeness (QED) is 0.736. The summed E-state index contributed by atoms with van der Waals surface area (Å²) in [7, 11) is 0. The summed E-state index contributed by atoms with van der Waals surface area (Å²) in [6.45, 7) is 0.516. The lowest BCUT2D eigenvalue weighted by molar-refractivity contribution is 0.286. The maximum Gasteiger partial charge on any atom is 0.172 e. The van der Waals surface area contributed by atoms with Gasteiger partial charge in [-0.2, -0.15) is 0 Å². The van der Waals surface area contributed by atoms with Crippen LogP contribution in [0, 0.1) is 0 Å².